The van der Waals surface area contributed by atoms with Gasteiger partial charge in [-0.3, -0.25) is 0 Å². The van der Waals surface area contributed by atoms with Gasteiger partial charge in [-0.25, -0.2) is 0 Å². The summed E-state index contributed by atoms with van der Waals surface area (Å²) in [4.78, 5) is 0. The number of unbranched alkanes of at least 4 members (excludes halogenated alkanes) is 13. The van der Waals surface area contributed by atoms with Gasteiger partial charge in [-0.05, 0) is 151 Å². The van der Waals surface area contributed by atoms with Crippen LogP contribution in [0.15, 0.2) is 78.9 Å². The standard InChI is InChI=1S/C48H60I2/c1-4-7-10-13-15-20-29-47(30-21-16-14-11-8-5-2)43-32-37(49)25-27-39(43)41-35-46-42(34-44(41)47)40-28-26-38(50)33-45(40)48(46,31-22-12-9-6-3)36-23-18-17-19-24-36/h17-19,23-28,32-35H,4-16,20-22,29-31H2,1-3H3. The predicted molar refractivity (Wildman–Crippen MR) is 235 cm³/mol. The van der Waals surface area contributed by atoms with E-state index in [1.165, 1.54) is 156 Å². The van der Waals surface area contributed by atoms with Gasteiger partial charge in [0.25, 0.3) is 0 Å². The summed E-state index contributed by atoms with van der Waals surface area (Å²) in [6.07, 6.45) is 25.1. The van der Waals surface area contributed by atoms with Gasteiger partial charge in [0.2, 0.25) is 0 Å². The Morgan fingerprint density at radius 1 is 0.400 bits per heavy atom. The minimum atomic E-state index is -0.122. The summed E-state index contributed by atoms with van der Waals surface area (Å²) >= 11 is 5.13. The second kappa shape index (κ2) is 17.9. The quantitative estimate of drug-likeness (QED) is 0.0613. The molecular weight excluding hydrogens is 830 g/mol. The highest BCUT2D eigenvalue weighted by atomic mass is 127. The number of halogens is 2. The van der Waals surface area contributed by atoms with Crippen LogP contribution in [0.4, 0.5) is 0 Å². The van der Waals surface area contributed by atoms with Gasteiger partial charge in [-0.15, -0.1) is 0 Å². The molecule has 0 saturated carbocycles. The first kappa shape index (κ1) is 38.1. The Morgan fingerprint density at radius 3 is 1.42 bits per heavy atom. The number of benzene rings is 4. The normalized spacial score (nSPS) is 16.7. The molecular formula is C48H60I2. The first-order valence-corrected chi connectivity index (χ1v) is 22.5. The van der Waals surface area contributed by atoms with Crippen LogP contribution in [0.1, 0.15) is 171 Å². The third kappa shape index (κ3) is 7.68. The third-order valence-electron chi connectivity index (χ3n) is 12.2. The highest BCUT2D eigenvalue weighted by molar-refractivity contribution is 14.1. The maximum Gasteiger partial charge on any atom is 0.0464 e. The van der Waals surface area contributed by atoms with E-state index in [4.69, 9.17) is 0 Å². The smallest absolute Gasteiger partial charge is 0.0464 e. The summed E-state index contributed by atoms with van der Waals surface area (Å²) in [5, 5.41) is 0. The van der Waals surface area contributed by atoms with Crippen molar-refractivity contribution in [1.82, 2.24) is 0 Å². The van der Waals surface area contributed by atoms with Crippen LogP contribution in [-0.4, -0.2) is 0 Å². The number of fused-ring (bicyclic) bond motifs is 6. The van der Waals surface area contributed by atoms with Gasteiger partial charge in [0.05, 0.1) is 0 Å². The van der Waals surface area contributed by atoms with Crippen molar-refractivity contribution in [2.75, 3.05) is 0 Å². The van der Waals surface area contributed by atoms with Crippen LogP contribution in [-0.2, 0) is 10.8 Å². The van der Waals surface area contributed by atoms with Crippen LogP contribution in [0.5, 0.6) is 0 Å². The molecule has 2 aliphatic carbocycles. The molecule has 6 rings (SSSR count). The zero-order valence-corrected chi connectivity index (χ0v) is 35.5. The highest BCUT2D eigenvalue weighted by Gasteiger charge is 2.48. The molecule has 1 unspecified atom stereocenters. The maximum absolute atomic E-state index is 2.74. The molecule has 4 aromatic rings. The molecule has 1 atom stereocenters. The molecule has 0 amide bonds. The van der Waals surface area contributed by atoms with Crippen molar-refractivity contribution in [1.29, 1.82) is 0 Å². The summed E-state index contributed by atoms with van der Waals surface area (Å²) in [6.45, 7) is 7.00. The summed E-state index contributed by atoms with van der Waals surface area (Å²) < 4.78 is 2.72. The van der Waals surface area contributed by atoms with Crippen molar-refractivity contribution in [3.63, 3.8) is 0 Å². The van der Waals surface area contributed by atoms with Gasteiger partial charge in [-0.1, -0.05) is 166 Å². The monoisotopic (exact) mass is 890 g/mol. The largest absolute Gasteiger partial charge is 0.0654 e. The van der Waals surface area contributed by atoms with E-state index in [1.807, 2.05) is 0 Å². The second-order valence-corrected chi connectivity index (χ2v) is 18.0. The van der Waals surface area contributed by atoms with E-state index in [2.05, 4.69) is 145 Å². The van der Waals surface area contributed by atoms with E-state index < -0.39 is 0 Å². The minimum Gasteiger partial charge on any atom is -0.0654 e. The summed E-state index contributed by atoms with van der Waals surface area (Å²) in [5.74, 6) is 0. The van der Waals surface area contributed by atoms with Crippen LogP contribution in [0.25, 0.3) is 22.3 Å². The summed E-state index contributed by atoms with van der Waals surface area (Å²) in [7, 11) is 0. The molecule has 266 valence electrons. The fourth-order valence-electron chi connectivity index (χ4n) is 9.68. The Bertz CT molecular complexity index is 1690. The Balaban J connectivity index is 1.52. The highest BCUT2D eigenvalue weighted by Crippen LogP contribution is 2.61. The second-order valence-electron chi connectivity index (χ2n) is 15.5. The van der Waals surface area contributed by atoms with Crippen LogP contribution in [0.2, 0.25) is 0 Å². The van der Waals surface area contributed by atoms with Crippen molar-refractivity contribution in [3.8, 4) is 22.3 Å². The van der Waals surface area contributed by atoms with E-state index in [9.17, 15) is 0 Å². The zero-order valence-electron chi connectivity index (χ0n) is 31.2. The van der Waals surface area contributed by atoms with Gasteiger partial charge in [0.15, 0.2) is 0 Å². The van der Waals surface area contributed by atoms with Crippen molar-refractivity contribution < 1.29 is 0 Å². The Labute approximate surface area is 332 Å². The zero-order chi connectivity index (χ0) is 35.0. The van der Waals surface area contributed by atoms with E-state index in [0.717, 1.165) is 6.42 Å². The fourth-order valence-corrected chi connectivity index (χ4v) is 10.7. The molecule has 0 saturated heterocycles. The molecule has 50 heavy (non-hydrogen) atoms. The SMILES string of the molecule is CCCCCCCCC1(CCCCCCCC)c2cc(I)ccc2-c2cc3c(cc21)-c1ccc(I)cc1C3(CCCCCC)c1ccccc1. The number of hydrogen-bond acceptors (Lipinski definition) is 0. The van der Waals surface area contributed by atoms with Crippen molar-refractivity contribution in [2.24, 2.45) is 0 Å². The maximum atomic E-state index is 2.74. The fraction of sp³-hybridized carbons (Fsp3) is 0.500. The molecule has 0 heterocycles. The van der Waals surface area contributed by atoms with Crippen LogP contribution >= 0.6 is 45.2 Å². The number of rotatable bonds is 20. The van der Waals surface area contributed by atoms with Crippen molar-refractivity contribution in [3.05, 3.63) is 114 Å². The van der Waals surface area contributed by atoms with Gasteiger partial charge < -0.3 is 0 Å². The topological polar surface area (TPSA) is 0 Å². The number of hydrogen-bond donors (Lipinski definition) is 0. The lowest BCUT2D eigenvalue weighted by atomic mass is 9.68. The van der Waals surface area contributed by atoms with Crippen LogP contribution < -0.4 is 0 Å². The lowest BCUT2D eigenvalue weighted by Crippen LogP contribution is -2.28. The van der Waals surface area contributed by atoms with Crippen LogP contribution in [0.3, 0.4) is 0 Å². The summed E-state index contributed by atoms with van der Waals surface area (Å²) in [5.41, 5.74) is 13.8. The van der Waals surface area contributed by atoms with Gasteiger partial charge in [0.1, 0.15) is 0 Å². The van der Waals surface area contributed by atoms with E-state index in [0.29, 0.717) is 0 Å². The Kier molecular flexibility index (Phi) is 13.6. The Morgan fingerprint density at radius 2 is 0.820 bits per heavy atom. The molecule has 0 aromatic heterocycles. The molecule has 2 heteroatoms. The molecule has 0 fully saturated rings. The first-order valence-electron chi connectivity index (χ1n) is 20.4. The summed E-state index contributed by atoms with van der Waals surface area (Å²) in [6, 6.07) is 31.8. The molecule has 4 aromatic carbocycles. The minimum absolute atomic E-state index is 0.0961. The first-order chi connectivity index (χ1) is 24.5. The molecule has 0 nitrogen and oxygen atoms in total. The third-order valence-corrected chi connectivity index (χ3v) is 13.6. The van der Waals surface area contributed by atoms with E-state index in [-0.39, 0.29) is 10.8 Å². The van der Waals surface area contributed by atoms with Gasteiger partial charge in [0, 0.05) is 18.0 Å². The van der Waals surface area contributed by atoms with Crippen molar-refractivity contribution in [2.45, 2.75) is 154 Å². The molecule has 0 aliphatic heterocycles. The lowest BCUT2D eigenvalue weighted by Gasteiger charge is -2.35. The average molecular weight is 891 g/mol. The van der Waals surface area contributed by atoms with Crippen molar-refractivity contribution >= 4 is 45.2 Å². The van der Waals surface area contributed by atoms with E-state index in [1.54, 1.807) is 16.7 Å². The van der Waals surface area contributed by atoms with Gasteiger partial charge in [-0.2, -0.15) is 0 Å². The lowest BCUT2D eigenvalue weighted by molar-refractivity contribution is 0.397. The Hall–Kier alpha value is -1.66. The molecule has 0 N–H and O–H groups in total. The van der Waals surface area contributed by atoms with Gasteiger partial charge >= 0.3 is 0 Å². The molecule has 0 radical (unpaired) electrons. The molecule has 0 bridgehead atoms. The molecule has 0 spiro atoms. The van der Waals surface area contributed by atoms with Crippen LogP contribution in [0, 0.1) is 7.14 Å². The molecule has 2 aliphatic rings. The average Bonchev–Trinajstić information content (AvgIpc) is 3.55. The van der Waals surface area contributed by atoms with E-state index >= 15 is 0 Å². The predicted octanol–water partition coefficient (Wildman–Crippen LogP) is 15.9.